The lowest BCUT2D eigenvalue weighted by atomic mass is 10.2. The highest BCUT2D eigenvalue weighted by molar-refractivity contribution is 5.71. The molecule has 106 valence electrons. The summed E-state index contributed by atoms with van der Waals surface area (Å²) in [6.45, 7) is 9.23. The van der Waals surface area contributed by atoms with E-state index in [4.69, 9.17) is 9.47 Å². The molecular formula is C15H23NO3. The molecule has 0 unspecified atom stereocenters. The number of hydrogen-bond donors (Lipinski definition) is 0. The van der Waals surface area contributed by atoms with Gasteiger partial charge in [-0.25, -0.2) is 4.79 Å². The van der Waals surface area contributed by atoms with Crippen LogP contribution in [0.1, 0.15) is 19.4 Å². The standard InChI is InChI=1S/C15H23NO3/c1-4-16(5-2)9-10-18-15(17)12-19-14-8-6-7-13(3)11-14/h6-8,11H,4-5,9-10,12H2,1-3H3. The van der Waals surface area contributed by atoms with E-state index in [1.807, 2.05) is 31.2 Å². The number of aryl methyl sites for hydroxylation is 1. The molecule has 4 heteroatoms. The van der Waals surface area contributed by atoms with E-state index in [0.717, 1.165) is 25.2 Å². The summed E-state index contributed by atoms with van der Waals surface area (Å²) < 4.78 is 10.5. The normalized spacial score (nSPS) is 10.5. The van der Waals surface area contributed by atoms with Gasteiger partial charge in [-0.05, 0) is 37.7 Å². The van der Waals surface area contributed by atoms with Crippen LogP contribution in [-0.2, 0) is 9.53 Å². The summed E-state index contributed by atoms with van der Waals surface area (Å²) in [5.41, 5.74) is 1.10. The average molecular weight is 265 g/mol. The van der Waals surface area contributed by atoms with Crippen molar-refractivity contribution in [3.63, 3.8) is 0 Å². The van der Waals surface area contributed by atoms with Crippen molar-refractivity contribution in [3.05, 3.63) is 29.8 Å². The molecular weight excluding hydrogens is 242 g/mol. The summed E-state index contributed by atoms with van der Waals surface area (Å²) in [6, 6.07) is 7.60. The lowest BCUT2D eigenvalue weighted by Gasteiger charge is -2.17. The van der Waals surface area contributed by atoms with E-state index in [-0.39, 0.29) is 12.6 Å². The van der Waals surface area contributed by atoms with Gasteiger partial charge >= 0.3 is 5.97 Å². The Morgan fingerprint density at radius 3 is 2.63 bits per heavy atom. The third kappa shape index (κ3) is 6.25. The predicted octanol–water partition coefficient (Wildman–Crippen LogP) is 2.26. The van der Waals surface area contributed by atoms with Gasteiger partial charge in [-0.1, -0.05) is 26.0 Å². The summed E-state index contributed by atoms with van der Waals surface area (Å²) in [4.78, 5) is 13.7. The molecule has 0 saturated carbocycles. The summed E-state index contributed by atoms with van der Waals surface area (Å²) in [5, 5.41) is 0. The maximum atomic E-state index is 11.5. The Kier molecular flexibility index (Phi) is 6.97. The van der Waals surface area contributed by atoms with Crippen LogP contribution in [0, 0.1) is 6.92 Å². The molecule has 0 fully saturated rings. The summed E-state index contributed by atoms with van der Waals surface area (Å²) in [6.07, 6.45) is 0. The maximum absolute atomic E-state index is 11.5. The fourth-order valence-corrected chi connectivity index (χ4v) is 1.72. The van der Waals surface area contributed by atoms with Crippen LogP contribution in [0.25, 0.3) is 0 Å². The molecule has 0 N–H and O–H groups in total. The first kappa shape index (κ1) is 15.5. The minimum Gasteiger partial charge on any atom is -0.482 e. The van der Waals surface area contributed by atoms with Crippen LogP contribution in [0.15, 0.2) is 24.3 Å². The first-order chi connectivity index (χ1) is 9.15. The fourth-order valence-electron chi connectivity index (χ4n) is 1.72. The van der Waals surface area contributed by atoms with Crippen molar-refractivity contribution in [2.75, 3.05) is 32.8 Å². The second kappa shape index (κ2) is 8.53. The molecule has 0 aliphatic heterocycles. The molecule has 0 bridgehead atoms. The van der Waals surface area contributed by atoms with Crippen LogP contribution in [0.4, 0.5) is 0 Å². The average Bonchev–Trinajstić information content (AvgIpc) is 2.41. The molecule has 1 aromatic rings. The SMILES string of the molecule is CCN(CC)CCOC(=O)COc1cccc(C)c1. The van der Waals surface area contributed by atoms with Crippen LogP contribution >= 0.6 is 0 Å². The molecule has 0 radical (unpaired) electrons. The Bertz CT molecular complexity index is 389. The van der Waals surface area contributed by atoms with Gasteiger partial charge in [-0.15, -0.1) is 0 Å². The number of hydrogen-bond acceptors (Lipinski definition) is 4. The first-order valence-corrected chi connectivity index (χ1v) is 6.73. The molecule has 19 heavy (non-hydrogen) atoms. The Balaban J connectivity index is 2.21. The van der Waals surface area contributed by atoms with Crippen molar-refractivity contribution in [2.45, 2.75) is 20.8 Å². The number of carbonyl (C=O) groups is 1. The second-order valence-electron chi connectivity index (χ2n) is 4.35. The summed E-state index contributed by atoms with van der Waals surface area (Å²) in [5.74, 6) is 0.370. The number of nitrogens with zero attached hydrogens (tertiary/aromatic N) is 1. The second-order valence-corrected chi connectivity index (χ2v) is 4.35. The van der Waals surface area contributed by atoms with Crippen molar-refractivity contribution in [3.8, 4) is 5.75 Å². The zero-order chi connectivity index (χ0) is 14.1. The van der Waals surface area contributed by atoms with Crippen LogP contribution in [0.5, 0.6) is 5.75 Å². The number of carbonyl (C=O) groups excluding carboxylic acids is 1. The number of ether oxygens (including phenoxy) is 2. The van der Waals surface area contributed by atoms with E-state index < -0.39 is 0 Å². The van der Waals surface area contributed by atoms with Crippen LogP contribution in [-0.4, -0.2) is 43.7 Å². The lowest BCUT2D eigenvalue weighted by Crippen LogP contribution is -2.28. The predicted molar refractivity (Wildman–Crippen MR) is 75.4 cm³/mol. The zero-order valence-electron chi connectivity index (χ0n) is 12.0. The van der Waals surface area contributed by atoms with E-state index in [2.05, 4.69) is 18.7 Å². The molecule has 1 aromatic carbocycles. The molecule has 0 heterocycles. The zero-order valence-corrected chi connectivity index (χ0v) is 12.0. The van der Waals surface area contributed by atoms with Gasteiger partial charge in [-0.3, -0.25) is 0 Å². The van der Waals surface area contributed by atoms with Gasteiger partial charge < -0.3 is 14.4 Å². The van der Waals surface area contributed by atoms with Crippen molar-refractivity contribution < 1.29 is 14.3 Å². The van der Waals surface area contributed by atoms with E-state index in [1.165, 1.54) is 0 Å². The lowest BCUT2D eigenvalue weighted by molar-refractivity contribution is -0.146. The molecule has 1 rings (SSSR count). The minimum absolute atomic E-state index is 0.0400. The van der Waals surface area contributed by atoms with Gasteiger partial charge in [0.2, 0.25) is 0 Å². The Morgan fingerprint density at radius 1 is 1.26 bits per heavy atom. The molecule has 0 saturated heterocycles. The van der Waals surface area contributed by atoms with E-state index in [0.29, 0.717) is 12.4 Å². The largest absolute Gasteiger partial charge is 0.482 e. The summed E-state index contributed by atoms with van der Waals surface area (Å²) in [7, 11) is 0. The monoisotopic (exact) mass is 265 g/mol. The topological polar surface area (TPSA) is 38.8 Å². The third-order valence-corrected chi connectivity index (χ3v) is 2.91. The van der Waals surface area contributed by atoms with Crippen LogP contribution in [0.3, 0.4) is 0 Å². The third-order valence-electron chi connectivity index (χ3n) is 2.91. The van der Waals surface area contributed by atoms with Gasteiger partial charge in [0.05, 0.1) is 0 Å². The summed E-state index contributed by atoms with van der Waals surface area (Å²) >= 11 is 0. The highest BCUT2D eigenvalue weighted by Gasteiger charge is 2.05. The van der Waals surface area contributed by atoms with Gasteiger partial charge in [-0.2, -0.15) is 0 Å². The Labute approximate surface area is 115 Å². The van der Waals surface area contributed by atoms with Crippen LogP contribution < -0.4 is 4.74 Å². The number of rotatable bonds is 8. The van der Waals surface area contributed by atoms with Crippen molar-refractivity contribution in [2.24, 2.45) is 0 Å². The molecule has 4 nitrogen and oxygen atoms in total. The maximum Gasteiger partial charge on any atom is 0.344 e. The smallest absolute Gasteiger partial charge is 0.344 e. The number of likely N-dealkylation sites (N-methyl/N-ethyl adjacent to an activating group) is 1. The van der Waals surface area contributed by atoms with E-state index in [9.17, 15) is 4.79 Å². The molecule has 0 aliphatic carbocycles. The number of esters is 1. The molecule has 0 atom stereocenters. The number of benzene rings is 1. The molecule has 0 aromatic heterocycles. The van der Waals surface area contributed by atoms with Gasteiger partial charge in [0.25, 0.3) is 0 Å². The minimum atomic E-state index is -0.325. The quantitative estimate of drug-likeness (QED) is 0.676. The van der Waals surface area contributed by atoms with Crippen molar-refractivity contribution >= 4 is 5.97 Å². The fraction of sp³-hybridized carbons (Fsp3) is 0.533. The molecule has 0 aliphatic rings. The van der Waals surface area contributed by atoms with Crippen LogP contribution in [0.2, 0.25) is 0 Å². The van der Waals surface area contributed by atoms with Gasteiger partial charge in [0.15, 0.2) is 6.61 Å². The molecule has 0 amide bonds. The van der Waals surface area contributed by atoms with Gasteiger partial charge in [0, 0.05) is 6.54 Å². The molecule has 0 spiro atoms. The Hall–Kier alpha value is -1.55. The highest BCUT2D eigenvalue weighted by Crippen LogP contribution is 2.11. The Morgan fingerprint density at radius 2 is 2.00 bits per heavy atom. The van der Waals surface area contributed by atoms with E-state index >= 15 is 0 Å². The van der Waals surface area contributed by atoms with Crippen molar-refractivity contribution in [1.82, 2.24) is 4.90 Å². The van der Waals surface area contributed by atoms with Gasteiger partial charge in [0.1, 0.15) is 12.4 Å². The van der Waals surface area contributed by atoms with Crippen molar-refractivity contribution in [1.29, 1.82) is 0 Å². The highest BCUT2D eigenvalue weighted by atomic mass is 16.6. The first-order valence-electron chi connectivity index (χ1n) is 6.73. The van der Waals surface area contributed by atoms with E-state index in [1.54, 1.807) is 0 Å².